The van der Waals surface area contributed by atoms with Gasteiger partial charge >= 0.3 is 12.1 Å². The highest BCUT2D eigenvalue weighted by atomic mass is 19.4. The standard InChI is InChI=1S/C16H12F4N6O3/c17-10-7-9(16(18,19)20)1-2-11(10)22-14-15(29)26(6-4-21-14)12-8-25(24-23-12)5-3-13(27)28/h1-2,4,6-8H,3,5H2,(H,21,22)(H,27,28). The van der Waals surface area contributed by atoms with Gasteiger partial charge in [-0.2, -0.15) is 13.2 Å². The number of alkyl halides is 3. The van der Waals surface area contributed by atoms with Gasteiger partial charge in [-0.1, -0.05) is 5.21 Å². The van der Waals surface area contributed by atoms with Crippen LogP contribution in [0.1, 0.15) is 12.0 Å². The number of carbonyl (C=O) groups is 1. The second-order valence-corrected chi connectivity index (χ2v) is 5.75. The molecule has 0 unspecified atom stereocenters. The van der Waals surface area contributed by atoms with Gasteiger partial charge in [0.15, 0.2) is 11.6 Å². The number of anilines is 2. The molecule has 13 heteroatoms. The lowest BCUT2D eigenvalue weighted by atomic mass is 10.2. The van der Waals surface area contributed by atoms with Crippen molar-refractivity contribution in [1.29, 1.82) is 0 Å². The maximum Gasteiger partial charge on any atom is 0.416 e. The summed E-state index contributed by atoms with van der Waals surface area (Å²) < 4.78 is 54.1. The molecule has 0 aliphatic heterocycles. The predicted octanol–water partition coefficient (Wildman–Crippen LogP) is 2.20. The molecule has 0 aliphatic rings. The van der Waals surface area contributed by atoms with Gasteiger partial charge in [-0.25, -0.2) is 14.1 Å². The zero-order chi connectivity index (χ0) is 21.2. The Labute approximate surface area is 159 Å². The summed E-state index contributed by atoms with van der Waals surface area (Å²) in [5.74, 6) is -2.55. The molecule has 2 heterocycles. The summed E-state index contributed by atoms with van der Waals surface area (Å²) in [6.45, 7) is 0.0318. The lowest BCUT2D eigenvalue weighted by molar-refractivity contribution is -0.138. The van der Waals surface area contributed by atoms with E-state index in [1.54, 1.807) is 0 Å². The van der Waals surface area contributed by atoms with Gasteiger partial charge in [0.1, 0.15) is 5.82 Å². The Kier molecular flexibility index (Phi) is 5.30. The molecule has 3 rings (SSSR count). The zero-order valence-corrected chi connectivity index (χ0v) is 14.4. The third-order valence-corrected chi connectivity index (χ3v) is 3.72. The van der Waals surface area contributed by atoms with E-state index in [9.17, 15) is 27.2 Å². The number of aromatic nitrogens is 5. The quantitative estimate of drug-likeness (QED) is 0.597. The minimum Gasteiger partial charge on any atom is -0.481 e. The molecule has 0 saturated carbocycles. The van der Waals surface area contributed by atoms with Crippen molar-refractivity contribution in [2.24, 2.45) is 0 Å². The van der Waals surface area contributed by atoms with Crippen molar-refractivity contribution in [2.45, 2.75) is 19.1 Å². The summed E-state index contributed by atoms with van der Waals surface area (Å²) in [5.41, 5.74) is -2.31. The van der Waals surface area contributed by atoms with Gasteiger partial charge in [-0.3, -0.25) is 14.2 Å². The summed E-state index contributed by atoms with van der Waals surface area (Å²) in [7, 11) is 0. The smallest absolute Gasteiger partial charge is 0.416 e. The Bertz CT molecular complexity index is 1110. The van der Waals surface area contributed by atoms with E-state index < -0.39 is 29.1 Å². The number of rotatable bonds is 6. The Hall–Kier alpha value is -3.77. The Morgan fingerprint density at radius 2 is 2.03 bits per heavy atom. The average Bonchev–Trinajstić information content (AvgIpc) is 3.11. The van der Waals surface area contributed by atoms with Crippen molar-refractivity contribution in [3.05, 3.63) is 58.5 Å². The van der Waals surface area contributed by atoms with Crippen molar-refractivity contribution in [3.8, 4) is 5.82 Å². The summed E-state index contributed by atoms with van der Waals surface area (Å²) in [6.07, 6.45) is -1.13. The van der Waals surface area contributed by atoms with Crippen LogP contribution in [0.15, 0.2) is 41.6 Å². The number of benzene rings is 1. The monoisotopic (exact) mass is 412 g/mol. The third kappa shape index (κ3) is 4.56. The maximum absolute atomic E-state index is 14.0. The second-order valence-electron chi connectivity index (χ2n) is 5.75. The average molecular weight is 412 g/mol. The van der Waals surface area contributed by atoms with Crippen LogP contribution < -0.4 is 10.9 Å². The molecule has 0 spiro atoms. The first kappa shape index (κ1) is 20.0. The SMILES string of the molecule is O=C(O)CCn1cc(-n2ccnc(Nc3ccc(C(F)(F)F)cc3F)c2=O)nn1. The van der Waals surface area contributed by atoms with Crippen molar-refractivity contribution >= 4 is 17.5 Å². The Morgan fingerprint density at radius 3 is 2.69 bits per heavy atom. The largest absolute Gasteiger partial charge is 0.481 e. The van der Waals surface area contributed by atoms with Crippen molar-refractivity contribution < 1.29 is 27.5 Å². The summed E-state index contributed by atoms with van der Waals surface area (Å²) >= 11 is 0. The normalized spacial score (nSPS) is 11.4. The molecular weight excluding hydrogens is 400 g/mol. The van der Waals surface area contributed by atoms with Gasteiger partial charge in [0.25, 0.3) is 5.56 Å². The van der Waals surface area contributed by atoms with E-state index in [0.717, 1.165) is 10.6 Å². The fraction of sp³-hybridized carbons (Fsp3) is 0.188. The highest BCUT2D eigenvalue weighted by Crippen LogP contribution is 2.31. The van der Waals surface area contributed by atoms with Gasteiger partial charge in [-0.05, 0) is 18.2 Å². The van der Waals surface area contributed by atoms with E-state index in [0.29, 0.717) is 12.1 Å². The minimum absolute atomic E-state index is 0.0318. The van der Waals surface area contributed by atoms with Crippen LogP contribution in [0.2, 0.25) is 0 Å². The number of aryl methyl sites for hydroxylation is 1. The van der Waals surface area contributed by atoms with Crippen molar-refractivity contribution in [2.75, 3.05) is 5.32 Å². The molecule has 0 atom stereocenters. The van der Waals surface area contributed by atoms with E-state index in [2.05, 4.69) is 20.6 Å². The van der Waals surface area contributed by atoms with Crippen molar-refractivity contribution in [1.82, 2.24) is 24.5 Å². The molecule has 0 saturated heterocycles. The molecule has 0 fully saturated rings. The molecule has 152 valence electrons. The Morgan fingerprint density at radius 1 is 1.28 bits per heavy atom. The summed E-state index contributed by atoms with van der Waals surface area (Å²) in [4.78, 5) is 26.9. The molecular formula is C16H12F4N6O3. The van der Waals surface area contributed by atoms with E-state index >= 15 is 0 Å². The molecule has 3 aromatic rings. The van der Waals surface area contributed by atoms with E-state index in [-0.39, 0.29) is 30.3 Å². The number of carboxylic acids is 1. The molecule has 1 aromatic carbocycles. The number of hydrogen-bond donors (Lipinski definition) is 2. The predicted molar refractivity (Wildman–Crippen MR) is 90.4 cm³/mol. The van der Waals surface area contributed by atoms with Crippen LogP contribution in [0.25, 0.3) is 5.82 Å². The Balaban J connectivity index is 1.86. The van der Waals surface area contributed by atoms with E-state index in [1.807, 2.05) is 0 Å². The van der Waals surface area contributed by atoms with E-state index in [4.69, 9.17) is 5.11 Å². The highest BCUT2D eigenvalue weighted by Gasteiger charge is 2.31. The highest BCUT2D eigenvalue weighted by molar-refractivity contribution is 5.66. The van der Waals surface area contributed by atoms with Gasteiger partial charge in [0.2, 0.25) is 0 Å². The lowest BCUT2D eigenvalue weighted by Gasteiger charge is -2.11. The maximum atomic E-state index is 14.0. The number of aliphatic carboxylic acids is 1. The number of nitrogens with one attached hydrogen (secondary N) is 1. The second kappa shape index (κ2) is 7.69. The fourth-order valence-corrected chi connectivity index (χ4v) is 2.32. The topological polar surface area (TPSA) is 115 Å². The third-order valence-electron chi connectivity index (χ3n) is 3.72. The van der Waals surface area contributed by atoms with Crippen LogP contribution in [-0.4, -0.2) is 35.6 Å². The summed E-state index contributed by atoms with van der Waals surface area (Å²) in [5, 5.41) is 18.5. The van der Waals surface area contributed by atoms with Crippen LogP contribution in [-0.2, 0) is 17.5 Å². The molecule has 0 bridgehead atoms. The van der Waals surface area contributed by atoms with Crippen LogP contribution in [0.4, 0.5) is 29.1 Å². The van der Waals surface area contributed by atoms with Crippen LogP contribution in [0.3, 0.4) is 0 Å². The lowest BCUT2D eigenvalue weighted by Crippen LogP contribution is -2.22. The molecule has 0 amide bonds. The number of hydrogen-bond acceptors (Lipinski definition) is 6. The summed E-state index contributed by atoms with van der Waals surface area (Å²) in [6, 6.07) is 1.82. The first-order chi connectivity index (χ1) is 13.6. The van der Waals surface area contributed by atoms with Gasteiger partial charge in [-0.15, -0.1) is 5.10 Å². The molecule has 2 aromatic heterocycles. The fourth-order valence-electron chi connectivity index (χ4n) is 2.32. The van der Waals surface area contributed by atoms with Gasteiger partial charge < -0.3 is 10.4 Å². The number of nitrogens with zero attached hydrogens (tertiary/aromatic N) is 5. The van der Waals surface area contributed by atoms with Gasteiger partial charge in [0.05, 0.1) is 30.4 Å². The molecule has 29 heavy (non-hydrogen) atoms. The van der Waals surface area contributed by atoms with Crippen molar-refractivity contribution in [3.63, 3.8) is 0 Å². The first-order valence-electron chi connectivity index (χ1n) is 7.99. The number of halogens is 4. The van der Waals surface area contributed by atoms with E-state index in [1.165, 1.54) is 23.3 Å². The molecule has 0 aliphatic carbocycles. The van der Waals surface area contributed by atoms with Gasteiger partial charge in [0, 0.05) is 12.4 Å². The molecule has 2 N–H and O–H groups in total. The molecule has 9 nitrogen and oxygen atoms in total. The zero-order valence-electron chi connectivity index (χ0n) is 14.4. The molecule has 0 radical (unpaired) electrons. The van der Waals surface area contributed by atoms with Crippen LogP contribution in [0, 0.1) is 5.82 Å². The van der Waals surface area contributed by atoms with Crippen LogP contribution in [0.5, 0.6) is 0 Å². The van der Waals surface area contributed by atoms with Crippen LogP contribution >= 0.6 is 0 Å². The minimum atomic E-state index is -4.70. The number of carboxylic acid groups (broad SMARTS) is 1. The first-order valence-corrected chi connectivity index (χ1v) is 7.99.